The third-order valence-corrected chi connectivity index (χ3v) is 2.58. The molecule has 0 aliphatic carbocycles. The van der Waals surface area contributed by atoms with Crippen LogP contribution in [0.5, 0.6) is 0 Å². The van der Waals surface area contributed by atoms with Gasteiger partial charge in [-0.25, -0.2) is 0 Å². The number of benzene rings is 1. The highest BCUT2D eigenvalue weighted by Gasteiger charge is 2.18. The molecule has 0 heterocycles. The molecule has 1 N–H and O–H groups in total. The topological polar surface area (TPSA) is 37.3 Å². The smallest absolute Gasteiger partial charge is 0.311 e. The van der Waals surface area contributed by atoms with Gasteiger partial charge in [0.25, 0.3) is 0 Å². The first-order valence-corrected chi connectivity index (χ1v) is 5.50. The molecule has 0 fully saturated rings. The number of rotatable bonds is 4. The second-order valence-electron chi connectivity index (χ2n) is 3.96. The van der Waals surface area contributed by atoms with Crippen molar-refractivity contribution < 1.29 is 9.90 Å². The van der Waals surface area contributed by atoms with E-state index in [0.717, 1.165) is 11.1 Å². The van der Waals surface area contributed by atoms with E-state index in [-0.39, 0.29) is 0 Å². The van der Waals surface area contributed by atoms with Crippen molar-refractivity contribution in [2.24, 2.45) is 0 Å². The minimum Gasteiger partial charge on any atom is -0.481 e. The lowest BCUT2D eigenvalue weighted by Crippen LogP contribution is -2.10. The van der Waals surface area contributed by atoms with Gasteiger partial charge in [-0.1, -0.05) is 35.4 Å². The van der Waals surface area contributed by atoms with Gasteiger partial charge in [0.05, 0.1) is 5.92 Å². The van der Waals surface area contributed by atoms with Gasteiger partial charge >= 0.3 is 5.97 Å². The number of carboxylic acids is 1. The summed E-state index contributed by atoms with van der Waals surface area (Å²) in [6, 6.07) is 6.96. The lowest BCUT2D eigenvalue weighted by atomic mass is 9.95. The third kappa shape index (κ3) is 3.70. The first kappa shape index (κ1) is 12.8. The number of hydrogen-bond acceptors (Lipinski definition) is 1. The first-order chi connectivity index (χ1) is 7.50. The average molecular weight is 239 g/mol. The molecule has 0 aromatic heterocycles. The van der Waals surface area contributed by atoms with Crippen LogP contribution in [0.1, 0.15) is 31.7 Å². The van der Waals surface area contributed by atoms with E-state index in [0.29, 0.717) is 11.4 Å². The van der Waals surface area contributed by atoms with Crippen molar-refractivity contribution >= 4 is 17.6 Å². The molecule has 0 radical (unpaired) electrons. The van der Waals surface area contributed by atoms with Crippen LogP contribution in [0, 0.1) is 0 Å². The molecule has 1 aromatic rings. The zero-order valence-electron chi connectivity index (χ0n) is 9.40. The maximum absolute atomic E-state index is 11.1. The molecule has 0 bridgehead atoms. The predicted octanol–water partition coefficient (Wildman–Crippen LogP) is 3.86. The predicted molar refractivity (Wildman–Crippen MR) is 65.9 cm³/mol. The Morgan fingerprint density at radius 3 is 2.38 bits per heavy atom. The molecule has 0 aliphatic rings. The number of carboxylic acid groups (broad SMARTS) is 1. The summed E-state index contributed by atoms with van der Waals surface area (Å²) >= 11 is 5.76. The fraction of sp³-hybridized carbons (Fsp3) is 0.308. The van der Waals surface area contributed by atoms with Crippen molar-refractivity contribution in [3.05, 3.63) is 46.5 Å². The second kappa shape index (κ2) is 5.71. The van der Waals surface area contributed by atoms with Crippen molar-refractivity contribution in [3.8, 4) is 0 Å². The van der Waals surface area contributed by atoms with E-state index in [1.165, 1.54) is 0 Å². The highest BCUT2D eigenvalue weighted by atomic mass is 35.5. The summed E-state index contributed by atoms with van der Waals surface area (Å²) in [5, 5.41) is 9.77. The Labute approximate surface area is 101 Å². The maximum Gasteiger partial charge on any atom is 0.311 e. The Balaban J connectivity index is 2.90. The van der Waals surface area contributed by atoms with Gasteiger partial charge in [-0.05, 0) is 38.0 Å². The van der Waals surface area contributed by atoms with E-state index in [2.05, 4.69) is 0 Å². The minimum absolute atomic E-state index is 0.493. The quantitative estimate of drug-likeness (QED) is 0.809. The number of aliphatic carboxylic acids is 1. The Morgan fingerprint density at radius 1 is 1.38 bits per heavy atom. The molecular weight excluding hydrogens is 224 g/mol. The van der Waals surface area contributed by atoms with Crippen LogP contribution in [0.3, 0.4) is 0 Å². The van der Waals surface area contributed by atoms with Crippen molar-refractivity contribution in [2.75, 3.05) is 0 Å². The lowest BCUT2D eigenvalue weighted by molar-refractivity contribution is -0.138. The Morgan fingerprint density at radius 2 is 1.94 bits per heavy atom. The van der Waals surface area contributed by atoms with Gasteiger partial charge in [0.2, 0.25) is 0 Å². The Kier molecular flexibility index (Phi) is 4.56. The monoisotopic (exact) mass is 238 g/mol. The summed E-state index contributed by atoms with van der Waals surface area (Å²) in [6.07, 6.45) is 2.45. The van der Waals surface area contributed by atoms with Gasteiger partial charge in [-0.2, -0.15) is 0 Å². The molecule has 0 saturated carbocycles. The first-order valence-electron chi connectivity index (χ1n) is 5.12. The van der Waals surface area contributed by atoms with Gasteiger partial charge in [0, 0.05) is 5.02 Å². The number of hydrogen-bond donors (Lipinski definition) is 1. The third-order valence-electron chi connectivity index (χ3n) is 2.33. The normalized spacial score (nSPS) is 11.9. The molecule has 1 unspecified atom stereocenters. The SMILES string of the molecule is CC(C)=CCC(C(=O)O)c1ccc(Cl)cc1. The Hall–Kier alpha value is -1.28. The minimum atomic E-state index is -0.806. The van der Waals surface area contributed by atoms with E-state index in [1.807, 2.05) is 19.9 Å². The molecule has 1 atom stereocenters. The van der Waals surface area contributed by atoms with Crippen LogP contribution >= 0.6 is 11.6 Å². The van der Waals surface area contributed by atoms with Crippen LogP contribution in [0.4, 0.5) is 0 Å². The van der Waals surface area contributed by atoms with Crippen LogP contribution < -0.4 is 0 Å². The molecule has 86 valence electrons. The van der Waals surface area contributed by atoms with Crippen LogP contribution in [-0.4, -0.2) is 11.1 Å². The maximum atomic E-state index is 11.1. The number of allylic oxidation sites excluding steroid dienone is 2. The van der Waals surface area contributed by atoms with Gasteiger partial charge in [-0.15, -0.1) is 0 Å². The zero-order chi connectivity index (χ0) is 12.1. The van der Waals surface area contributed by atoms with Crippen molar-refractivity contribution in [3.63, 3.8) is 0 Å². The summed E-state index contributed by atoms with van der Waals surface area (Å²) in [4.78, 5) is 11.1. The molecule has 2 nitrogen and oxygen atoms in total. The lowest BCUT2D eigenvalue weighted by Gasteiger charge is -2.10. The molecule has 3 heteroatoms. The van der Waals surface area contributed by atoms with Gasteiger partial charge in [0.15, 0.2) is 0 Å². The summed E-state index contributed by atoms with van der Waals surface area (Å²) < 4.78 is 0. The average Bonchev–Trinajstić information content (AvgIpc) is 2.20. The van der Waals surface area contributed by atoms with Crippen LogP contribution in [0.2, 0.25) is 5.02 Å². The van der Waals surface area contributed by atoms with E-state index in [4.69, 9.17) is 16.7 Å². The second-order valence-corrected chi connectivity index (χ2v) is 4.40. The van der Waals surface area contributed by atoms with Crippen LogP contribution in [-0.2, 0) is 4.79 Å². The molecule has 0 saturated heterocycles. The van der Waals surface area contributed by atoms with Crippen LogP contribution in [0.25, 0.3) is 0 Å². The molecule has 0 aliphatic heterocycles. The molecular formula is C13H15ClO2. The highest BCUT2D eigenvalue weighted by Crippen LogP contribution is 2.23. The van der Waals surface area contributed by atoms with E-state index in [9.17, 15) is 4.79 Å². The Bertz CT molecular complexity index is 389. The standard InChI is InChI=1S/C13H15ClO2/c1-9(2)3-8-12(13(15)16)10-4-6-11(14)7-5-10/h3-7,12H,8H2,1-2H3,(H,15,16). The van der Waals surface area contributed by atoms with Crippen molar-refractivity contribution in [2.45, 2.75) is 26.2 Å². The van der Waals surface area contributed by atoms with Crippen molar-refractivity contribution in [1.29, 1.82) is 0 Å². The van der Waals surface area contributed by atoms with Crippen LogP contribution in [0.15, 0.2) is 35.9 Å². The van der Waals surface area contributed by atoms with E-state index in [1.54, 1.807) is 24.3 Å². The van der Waals surface area contributed by atoms with Gasteiger partial charge in [-0.3, -0.25) is 4.79 Å². The van der Waals surface area contributed by atoms with Crippen molar-refractivity contribution in [1.82, 2.24) is 0 Å². The molecule has 1 rings (SSSR count). The molecule has 16 heavy (non-hydrogen) atoms. The van der Waals surface area contributed by atoms with Gasteiger partial charge in [0.1, 0.15) is 0 Å². The number of halogens is 1. The summed E-state index contributed by atoms with van der Waals surface area (Å²) in [5.74, 6) is -1.30. The van der Waals surface area contributed by atoms with E-state index < -0.39 is 11.9 Å². The summed E-state index contributed by atoms with van der Waals surface area (Å²) in [5.41, 5.74) is 1.91. The largest absolute Gasteiger partial charge is 0.481 e. The fourth-order valence-electron chi connectivity index (χ4n) is 1.43. The van der Waals surface area contributed by atoms with Gasteiger partial charge < -0.3 is 5.11 Å². The highest BCUT2D eigenvalue weighted by molar-refractivity contribution is 6.30. The molecule has 1 aromatic carbocycles. The zero-order valence-corrected chi connectivity index (χ0v) is 10.2. The van der Waals surface area contributed by atoms with E-state index >= 15 is 0 Å². The fourth-order valence-corrected chi connectivity index (χ4v) is 1.55. The summed E-state index contributed by atoms with van der Waals surface area (Å²) in [6.45, 7) is 3.92. The number of carbonyl (C=O) groups is 1. The summed E-state index contributed by atoms with van der Waals surface area (Å²) in [7, 11) is 0. The molecule has 0 spiro atoms. The molecule has 0 amide bonds.